The molecule has 0 saturated carbocycles. The molecule has 57 heavy (non-hydrogen) atoms. The Hall–Kier alpha value is -7.16. The average Bonchev–Trinajstić information content (AvgIpc) is 3.71. The first-order chi connectivity index (χ1) is 28.0. The van der Waals surface area contributed by atoms with Gasteiger partial charge in [-0.15, -0.1) is 0 Å². The van der Waals surface area contributed by atoms with Gasteiger partial charge in [0.25, 0.3) is 0 Å². The van der Waals surface area contributed by atoms with Crippen LogP contribution in [0.15, 0.2) is 206 Å². The summed E-state index contributed by atoms with van der Waals surface area (Å²) >= 11 is 0. The van der Waals surface area contributed by atoms with Crippen LogP contribution in [0.3, 0.4) is 0 Å². The lowest BCUT2D eigenvalue weighted by Crippen LogP contribution is -2.16. The lowest BCUT2D eigenvalue weighted by molar-refractivity contribution is 0.660. The van der Waals surface area contributed by atoms with E-state index in [-0.39, 0.29) is 5.41 Å². The molecular weight excluding hydrogens is 689 g/mol. The maximum atomic E-state index is 2.42. The topological polar surface area (TPSA) is 8.17 Å². The minimum absolute atomic E-state index is 0.0771. The number of para-hydroxylation sites is 2. The Balaban J connectivity index is 0.959. The molecule has 1 aromatic heterocycles. The van der Waals surface area contributed by atoms with Gasteiger partial charge in [0.05, 0.1) is 16.7 Å². The van der Waals surface area contributed by atoms with Crippen LogP contribution in [0.5, 0.6) is 0 Å². The zero-order valence-corrected chi connectivity index (χ0v) is 32.0. The molecule has 1 aliphatic carbocycles. The van der Waals surface area contributed by atoms with Crippen LogP contribution in [0.4, 0.5) is 17.1 Å². The number of hydrogen-bond donors (Lipinski definition) is 0. The lowest BCUT2D eigenvalue weighted by atomic mass is 9.82. The Labute approximate surface area is 333 Å². The van der Waals surface area contributed by atoms with E-state index in [0.717, 1.165) is 17.1 Å². The van der Waals surface area contributed by atoms with E-state index in [0.29, 0.717) is 0 Å². The van der Waals surface area contributed by atoms with Crippen molar-refractivity contribution in [3.63, 3.8) is 0 Å². The molecule has 1 aliphatic rings. The van der Waals surface area contributed by atoms with Crippen molar-refractivity contribution in [2.75, 3.05) is 4.90 Å². The number of fused-ring (bicyclic) bond motifs is 7. The molecule has 0 spiro atoms. The monoisotopic (exact) mass is 728 g/mol. The standard InChI is InChI=1S/C55H40N2/c1-55(2)50-23-10-8-21-46(50)47-32-31-44(36-51(47)55)56(42-17-4-3-5-18-42)43-19-12-16-40(34-43)37-26-28-38(29-27-37)41-30-33-54-49(35-41)48-22-9-11-24-53(48)57(54)52-25-13-15-39-14-6-7-20-45(39)52/h3-36H,1-2H3. The van der Waals surface area contributed by atoms with Crippen molar-refractivity contribution in [3.8, 4) is 39.1 Å². The maximum absolute atomic E-state index is 2.42. The van der Waals surface area contributed by atoms with Crippen molar-refractivity contribution in [3.05, 3.63) is 217 Å². The SMILES string of the molecule is CC1(C)c2ccccc2-c2ccc(N(c3ccccc3)c3cccc(-c4ccc(-c5ccc6c(c5)c5ccccc5n6-c5cccc6ccccc56)cc4)c3)cc21. The molecule has 0 atom stereocenters. The summed E-state index contributed by atoms with van der Waals surface area (Å²) in [5.41, 5.74) is 17.2. The second kappa shape index (κ2) is 13.0. The Bertz CT molecular complexity index is 3140. The molecule has 0 aliphatic heterocycles. The van der Waals surface area contributed by atoms with Crippen LogP contribution >= 0.6 is 0 Å². The van der Waals surface area contributed by atoms with E-state index in [1.807, 2.05) is 0 Å². The first-order valence-electron chi connectivity index (χ1n) is 19.8. The van der Waals surface area contributed by atoms with Gasteiger partial charge in [-0.3, -0.25) is 0 Å². The smallest absolute Gasteiger partial charge is 0.0541 e. The van der Waals surface area contributed by atoms with E-state index in [4.69, 9.17) is 0 Å². The molecule has 10 aromatic rings. The van der Waals surface area contributed by atoms with E-state index in [1.54, 1.807) is 0 Å². The first-order valence-corrected chi connectivity index (χ1v) is 19.8. The summed E-state index contributed by atoms with van der Waals surface area (Å²) in [6.45, 7) is 4.70. The van der Waals surface area contributed by atoms with Crippen molar-refractivity contribution in [1.29, 1.82) is 0 Å². The van der Waals surface area contributed by atoms with Crippen molar-refractivity contribution in [2.45, 2.75) is 19.3 Å². The highest BCUT2D eigenvalue weighted by Gasteiger charge is 2.35. The molecule has 0 saturated heterocycles. The summed E-state index contributed by atoms with van der Waals surface area (Å²) in [6.07, 6.45) is 0. The predicted molar refractivity (Wildman–Crippen MR) is 241 cm³/mol. The summed E-state index contributed by atoms with van der Waals surface area (Å²) in [7, 11) is 0. The van der Waals surface area contributed by atoms with Crippen LogP contribution in [0.1, 0.15) is 25.0 Å². The average molecular weight is 729 g/mol. The Kier molecular flexibility index (Phi) is 7.55. The summed E-state index contributed by atoms with van der Waals surface area (Å²) in [4.78, 5) is 2.39. The molecular formula is C55H40N2. The normalized spacial score (nSPS) is 12.9. The molecule has 1 heterocycles. The van der Waals surface area contributed by atoms with Gasteiger partial charge in [0.1, 0.15) is 0 Å². The van der Waals surface area contributed by atoms with Crippen LogP contribution in [0.2, 0.25) is 0 Å². The minimum atomic E-state index is -0.0771. The molecule has 0 fully saturated rings. The van der Waals surface area contributed by atoms with Crippen LogP contribution in [-0.2, 0) is 5.41 Å². The van der Waals surface area contributed by atoms with Gasteiger partial charge in [-0.2, -0.15) is 0 Å². The van der Waals surface area contributed by atoms with E-state index >= 15 is 0 Å². The number of aromatic nitrogens is 1. The van der Waals surface area contributed by atoms with Crippen LogP contribution in [0.25, 0.3) is 71.6 Å². The quantitative estimate of drug-likeness (QED) is 0.165. The predicted octanol–water partition coefficient (Wildman–Crippen LogP) is 15.0. The van der Waals surface area contributed by atoms with Gasteiger partial charge in [-0.05, 0) is 111 Å². The van der Waals surface area contributed by atoms with Gasteiger partial charge in [-0.1, -0.05) is 159 Å². The van der Waals surface area contributed by atoms with Crippen LogP contribution < -0.4 is 4.90 Å². The number of rotatable bonds is 6. The molecule has 270 valence electrons. The first kappa shape index (κ1) is 33.2. The minimum Gasteiger partial charge on any atom is -0.310 e. The Morgan fingerprint density at radius 3 is 1.81 bits per heavy atom. The highest BCUT2D eigenvalue weighted by Crippen LogP contribution is 2.50. The second-order valence-electron chi connectivity index (χ2n) is 15.8. The zero-order valence-electron chi connectivity index (χ0n) is 32.0. The third kappa shape index (κ3) is 5.33. The number of anilines is 3. The van der Waals surface area contributed by atoms with Gasteiger partial charge < -0.3 is 9.47 Å². The molecule has 2 nitrogen and oxygen atoms in total. The maximum Gasteiger partial charge on any atom is 0.0541 e. The molecule has 0 N–H and O–H groups in total. The number of benzene rings is 9. The summed E-state index contributed by atoms with van der Waals surface area (Å²) < 4.78 is 2.42. The largest absolute Gasteiger partial charge is 0.310 e. The summed E-state index contributed by atoms with van der Waals surface area (Å²) in [5, 5.41) is 5.01. The number of nitrogens with zero attached hydrogens (tertiary/aromatic N) is 2. The van der Waals surface area contributed by atoms with Crippen LogP contribution in [0, 0.1) is 0 Å². The fraction of sp³-hybridized carbons (Fsp3) is 0.0545. The highest BCUT2D eigenvalue weighted by molar-refractivity contribution is 6.11. The fourth-order valence-corrected chi connectivity index (χ4v) is 9.35. The van der Waals surface area contributed by atoms with Gasteiger partial charge >= 0.3 is 0 Å². The lowest BCUT2D eigenvalue weighted by Gasteiger charge is -2.28. The molecule has 9 aromatic carbocycles. The van der Waals surface area contributed by atoms with Crippen molar-refractivity contribution >= 4 is 49.6 Å². The van der Waals surface area contributed by atoms with Crippen LogP contribution in [-0.4, -0.2) is 4.57 Å². The van der Waals surface area contributed by atoms with E-state index in [9.17, 15) is 0 Å². The molecule has 11 rings (SSSR count). The number of hydrogen-bond acceptors (Lipinski definition) is 1. The fourth-order valence-electron chi connectivity index (χ4n) is 9.35. The Morgan fingerprint density at radius 1 is 0.368 bits per heavy atom. The molecule has 2 heteroatoms. The van der Waals surface area contributed by atoms with Gasteiger partial charge in [-0.25, -0.2) is 0 Å². The third-order valence-corrected chi connectivity index (χ3v) is 12.2. The van der Waals surface area contributed by atoms with Crippen molar-refractivity contribution in [2.24, 2.45) is 0 Å². The van der Waals surface area contributed by atoms with Crippen molar-refractivity contribution < 1.29 is 0 Å². The molecule has 0 unspecified atom stereocenters. The summed E-state index contributed by atoms with van der Waals surface area (Å²) in [5.74, 6) is 0. The molecule has 0 amide bonds. The highest BCUT2D eigenvalue weighted by atomic mass is 15.1. The third-order valence-electron chi connectivity index (χ3n) is 12.2. The van der Waals surface area contributed by atoms with E-state index in [1.165, 1.54) is 82.8 Å². The second-order valence-corrected chi connectivity index (χ2v) is 15.8. The van der Waals surface area contributed by atoms with Gasteiger partial charge in [0, 0.05) is 38.6 Å². The Morgan fingerprint density at radius 2 is 0.965 bits per heavy atom. The molecule has 0 radical (unpaired) electrons. The van der Waals surface area contributed by atoms with Gasteiger partial charge in [0.15, 0.2) is 0 Å². The van der Waals surface area contributed by atoms with E-state index in [2.05, 4.69) is 230 Å². The van der Waals surface area contributed by atoms with Gasteiger partial charge in [0.2, 0.25) is 0 Å². The zero-order chi connectivity index (χ0) is 38.1. The van der Waals surface area contributed by atoms with E-state index < -0.39 is 0 Å². The van der Waals surface area contributed by atoms with Crippen molar-refractivity contribution in [1.82, 2.24) is 4.57 Å². The molecule has 0 bridgehead atoms. The summed E-state index contributed by atoms with van der Waals surface area (Å²) in [6, 6.07) is 75.5.